The van der Waals surface area contributed by atoms with E-state index >= 15 is 4.39 Å². The standard InChI is InChI=1S/C26H29F2N3O4/c1-4-26(2,25(33)30-34)9-11-31-16-23(28)21-14-18(6-8-20(21)24(31)32)19-7-5-17(13-22(19)27)15-29-10-12-35-3/h4-8,13-14,16,29,34H,1,9-12,15H2,2-3H3,(H,30,33)/t26-/m1/s1. The van der Waals surface area contributed by atoms with E-state index in [2.05, 4.69) is 11.9 Å². The van der Waals surface area contributed by atoms with Crippen molar-refractivity contribution in [2.24, 2.45) is 5.41 Å². The Morgan fingerprint density at radius 2 is 1.97 bits per heavy atom. The molecule has 0 saturated carbocycles. The zero-order chi connectivity index (χ0) is 25.6. The Bertz CT molecular complexity index is 1290. The van der Waals surface area contributed by atoms with Gasteiger partial charge in [0.1, 0.15) is 11.6 Å². The first-order valence-electron chi connectivity index (χ1n) is 11.1. The van der Waals surface area contributed by atoms with Gasteiger partial charge < -0.3 is 14.6 Å². The van der Waals surface area contributed by atoms with Crippen LogP contribution in [0, 0.1) is 17.0 Å². The fraction of sp³-hybridized carbons (Fsp3) is 0.308. The lowest BCUT2D eigenvalue weighted by atomic mass is 9.86. The highest BCUT2D eigenvalue weighted by molar-refractivity contribution is 5.87. The van der Waals surface area contributed by atoms with E-state index in [1.807, 2.05) is 0 Å². The minimum atomic E-state index is -1.15. The van der Waals surface area contributed by atoms with Crippen LogP contribution >= 0.6 is 0 Å². The fourth-order valence-electron chi connectivity index (χ4n) is 3.78. The van der Waals surface area contributed by atoms with Crippen LogP contribution in [0.3, 0.4) is 0 Å². The monoisotopic (exact) mass is 485 g/mol. The highest BCUT2D eigenvalue weighted by Gasteiger charge is 2.29. The Labute approximate surface area is 202 Å². The summed E-state index contributed by atoms with van der Waals surface area (Å²) in [5.74, 6) is -1.77. The first-order chi connectivity index (χ1) is 16.7. The van der Waals surface area contributed by atoms with Gasteiger partial charge in [-0.25, -0.2) is 14.3 Å². The predicted octanol–water partition coefficient (Wildman–Crippen LogP) is 3.77. The van der Waals surface area contributed by atoms with E-state index in [1.165, 1.54) is 28.8 Å². The van der Waals surface area contributed by atoms with Crippen LogP contribution in [-0.4, -0.2) is 35.9 Å². The van der Waals surface area contributed by atoms with Crippen molar-refractivity contribution in [2.45, 2.75) is 26.4 Å². The number of carbonyl (C=O) groups is 1. The van der Waals surface area contributed by atoms with Gasteiger partial charge in [0.25, 0.3) is 11.5 Å². The summed E-state index contributed by atoms with van der Waals surface area (Å²) in [6.45, 7) is 6.86. The normalized spacial score (nSPS) is 12.9. The molecule has 186 valence electrons. The van der Waals surface area contributed by atoms with Crippen molar-refractivity contribution in [3.05, 3.63) is 82.8 Å². The number of rotatable bonds is 11. The number of benzene rings is 2. The average molecular weight is 486 g/mol. The molecule has 1 atom stereocenters. The second kappa shape index (κ2) is 11.4. The van der Waals surface area contributed by atoms with Crippen LogP contribution in [0.1, 0.15) is 18.9 Å². The third-order valence-corrected chi connectivity index (χ3v) is 6.14. The van der Waals surface area contributed by atoms with Crippen molar-refractivity contribution >= 4 is 16.7 Å². The SMILES string of the molecule is C=C[C@](C)(CCn1cc(F)c2cc(-c3ccc(CNCCOC)cc3F)ccc2c1=O)C(=O)NO. The molecular formula is C26H29F2N3O4. The van der Waals surface area contributed by atoms with E-state index < -0.39 is 28.5 Å². The molecule has 35 heavy (non-hydrogen) atoms. The molecule has 0 aliphatic heterocycles. The predicted molar refractivity (Wildman–Crippen MR) is 130 cm³/mol. The number of nitrogens with zero attached hydrogens (tertiary/aromatic N) is 1. The third-order valence-electron chi connectivity index (χ3n) is 6.14. The maximum absolute atomic E-state index is 15.0. The van der Waals surface area contributed by atoms with E-state index in [1.54, 1.807) is 37.7 Å². The van der Waals surface area contributed by atoms with Gasteiger partial charge in [-0.1, -0.05) is 24.3 Å². The molecule has 9 heteroatoms. The number of hydrogen-bond donors (Lipinski definition) is 3. The van der Waals surface area contributed by atoms with Gasteiger partial charge in [-0.15, -0.1) is 6.58 Å². The van der Waals surface area contributed by atoms with Crippen LogP contribution in [0.2, 0.25) is 0 Å². The number of methoxy groups -OCH3 is 1. The van der Waals surface area contributed by atoms with Crippen molar-refractivity contribution in [1.82, 2.24) is 15.4 Å². The van der Waals surface area contributed by atoms with Gasteiger partial charge in [-0.05, 0) is 42.7 Å². The molecule has 2 aromatic carbocycles. The largest absolute Gasteiger partial charge is 0.383 e. The number of hydroxylamine groups is 1. The lowest BCUT2D eigenvalue weighted by Crippen LogP contribution is -2.37. The summed E-state index contributed by atoms with van der Waals surface area (Å²) in [7, 11) is 1.61. The zero-order valence-corrected chi connectivity index (χ0v) is 19.7. The first-order valence-corrected chi connectivity index (χ1v) is 11.1. The summed E-state index contributed by atoms with van der Waals surface area (Å²) in [5.41, 5.74) is 1.50. The molecular weight excluding hydrogens is 456 g/mol. The van der Waals surface area contributed by atoms with Crippen molar-refractivity contribution in [1.29, 1.82) is 0 Å². The molecule has 1 amide bonds. The number of nitrogens with one attached hydrogen (secondary N) is 2. The Hall–Kier alpha value is -3.40. The van der Waals surface area contributed by atoms with Crippen molar-refractivity contribution in [2.75, 3.05) is 20.3 Å². The summed E-state index contributed by atoms with van der Waals surface area (Å²) in [5, 5.41) is 12.3. The number of aryl methyl sites for hydroxylation is 1. The fourth-order valence-corrected chi connectivity index (χ4v) is 3.78. The number of hydrogen-bond acceptors (Lipinski definition) is 5. The van der Waals surface area contributed by atoms with Crippen LogP contribution in [-0.2, 0) is 22.6 Å². The number of amides is 1. The maximum Gasteiger partial charge on any atom is 0.258 e. The number of carbonyl (C=O) groups excluding carboxylic acids is 1. The molecule has 7 nitrogen and oxygen atoms in total. The molecule has 0 radical (unpaired) electrons. The second-order valence-electron chi connectivity index (χ2n) is 8.53. The minimum Gasteiger partial charge on any atom is -0.383 e. The molecule has 0 aliphatic carbocycles. The molecule has 3 N–H and O–H groups in total. The van der Waals surface area contributed by atoms with Crippen LogP contribution in [0.15, 0.2) is 60.0 Å². The third kappa shape index (κ3) is 5.82. The number of fused-ring (bicyclic) bond motifs is 1. The Morgan fingerprint density at radius 1 is 1.20 bits per heavy atom. The summed E-state index contributed by atoms with van der Waals surface area (Å²) in [6, 6.07) is 9.35. The van der Waals surface area contributed by atoms with Gasteiger partial charge in [-0.3, -0.25) is 14.8 Å². The molecule has 0 aliphatic rings. The molecule has 0 fully saturated rings. The Kier molecular flexibility index (Phi) is 8.50. The topological polar surface area (TPSA) is 92.6 Å². The summed E-state index contributed by atoms with van der Waals surface area (Å²) >= 11 is 0. The Balaban J connectivity index is 1.88. The van der Waals surface area contributed by atoms with Gasteiger partial charge in [0, 0.05) is 43.9 Å². The molecule has 3 aromatic rings. The molecule has 0 saturated heterocycles. The van der Waals surface area contributed by atoms with Gasteiger partial charge in [0.05, 0.1) is 17.4 Å². The van der Waals surface area contributed by atoms with E-state index in [0.29, 0.717) is 30.8 Å². The second-order valence-corrected chi connectivity index (χ2v) is 8.53. The van der Waals surface area contributed by atoms with E-state index in [0.717, 1.165) is 11.8 Å². The summed E-state index contributed by atoms with van der Waals surface area (Å²) in [4.78, 5) is 24.9. The summed E-state index contributed by atoms with van der Waals surface area (Å²) < 4.78 is 36.0. The van der Waals surface area contributed by atoms with E-state index in [4.69, 9.17) is 9.94 Å². The van der Waals surface area contributed by atoms with Crippen molar-refractivity contribution in [3.8, 4) is 11.1 Å². The van der Waals surface area contributed by atoms with Gasteiger partial charge in [0.2, 0.25) is 0 Å². The van der Waals surface area contributed by atoms with Crippen molar-refractivity contribution < 1.29 is 23.5 Å². The number of halogens is 2. The number of aromatic nitrogens is 1. The lowest BCUT2D eigenvalue weighted by molar-refractivity contribution is -0.136. The number of pyridine rings is 1. The molecule has 0 unspecified atom stereocenters. The average Bonchev–Trinajstić information content (AvgIpc) is 2.87. The quantitative estimate of drug-likeness (QED) is 0.166. The van der Waals surface area contributed by atoms with Gasteiger partial charge >= 0.3 is 0 Å². The molecule has 0 bridgehead atoms. The van der Waals surface area contributed by atoms with Gasteiger partial charge in [-0.2, -0.15) is 0 Å². The van der Waals surface area contributed by atoms with Crippen LogP contribution in [0.25, 0.3) is 21.9 Å². The van der Waals surface area contributed by atoms with Gasteiger partial charge in [0.15, 0.2) is 0 Å². The number of ether oxygens (including phenoxy) is 1. The maximum atomic E-state index is 15.0. The zero-order valence-electron chi connectivity index (χ0n) is 19.7. The molecule has 1 heterocycles. The molecule has 3 rings (SSSR count). The summed E-state index contributed by atoms with van der Waals surface area (Å²) in [6.07, 6.45) is 2.55. The van der Waals surface area contributed by atoms with E-state index in [9.17, 15) is 14.0 Å². The first kappa shape index (κ1) is 26.2. The lowest BCUT2D eigenvalue weighted by Gasteiger charge is -2.23. The molecule has 1 aromatic heterocycles. The highest BCUT2D eigenvalue weighted by atomic mass is 19.1. The minimum absolute atomic E-state index is 0.0257. The highest BCUT2D eigenvalue weighted by Crippen LogP contribution is 2.28. The van der Waals surface area contributed by atoms with E-state index in [-0.39, 0.29) is 23.7 Å². The Morgan fingerprint density at radius 3 is 2.63 bits per heavy atom. The van der Waals surface area contributed by atoms with Crippen molar-refractivity contribution in [3.63, 3.8) is 0 Å². The van der Waals surface area contributed by atoms with Crippen LogP contribution in [0.4, 0.5) is 8.78 Å². The smallest absolute Gasteiger partial charge is 0.258 e. The van der Waals surface area contributed by atoms with Crippen LogP contribution < -0.4 is 16.4 Å². The molecule has 0 spiro atoms. The van der Waals surface area contributed by atoms with Crippen LogP contribution in [0.5, 0.6) is 0 Å².